The van der Waals surface area contributed by atoms with Crippen molar-refractivity contribution in [2.45, 2.75) is 5.92 Å². The number of carbonyl (C=O) groups excluding carboxylic acids is 4. The molecule has 0 amide bonds. The number of carbonyl (C=O) groups is 4. The van der Waals surface area contributed by atoms with Gasteiger partial charge >= 0.3 is 17.9 Å². The molecule has 1 aliphatic rings. The number of methoxy groups -OCH3 is 3. The Morgan fingerprint density at radius 2 is 1.68 bits per heavy atom. The van der Waals surface area contributed by atoms with Crippen LogP contribution in [0.4, 0.5) is 0 Å². The Morgan fingerprint density at radius 1 is 1.09 bits per heavy atom. The van der Waals surface area contributed by atoms with Gasteiger partial charge in [0.15, 0.2) is 5.92 Å². The molecule has 0 saturated carbocycles. The zero-order valence-electron chi connectivity index (χ0n) is 12.3. The lowest BCUT2D eigenvalue weighted by molar-refractivity contribution is -0.161. The van der Waals surface area contributed by atoms with Gasteiger partial charge in [0.2, 0.25) is 5.91 Å². The average molecular weight is 309 g/mol. The fourth-order valence-electron chi connectivity index (χ4n) is 2.72. The van der Waals surface area contributed by atoms with Crippen LogP contribution in [0.3, 0.4) is 0 Å². The molecule has 0 fully saturated rings. The molecule has 0 radical (unpaired) electrons. The topological polar surface area (TPSA) is 101 Å². The maximum absolute atomic E-state index is 12.4. The van der Waals surface area contributed by atoms with Crippen LogP contribution in [0.2, 0.25) is 0 Å². The van der Waals surface area contributed by atoms with Crippen LogP contribution < -0.4 is 0 Å². The molecule has 2 heterocycles. The lowest BCUT2D eigenvalue weighted by Crippen LogP contribution is -2.38. The van der Waals surface area contributed by atoms with Crippen molar-refractivity contribution in [3.63, 3.8) is 0 Å². The Hall–Kier alpha value is -2.64. The van der Waals surface area contributed by atoms with E-state index in [2.05, 4.69) is 14.2 Å². The molecule has 8 nitrogen and oxygen atoms in total. The average Bonchev–Trinajstić information content (AvgIpc) is 3.10. The highest BCUT2D eigenvalue weighted by molar-refractivity contribution is 6.06. The second-order valence-corrected chi connectivity index (χ2v) is 4.69. The molecule has 0 bridgehead atoms. The van der Waals surface area contributed by atoms with Gasteiger partial charge in [-0.2, -0.15) is 0 Å². The zero-order valence-corrected chi connectivity index (χ0v) is 12.3. The van der Waals surface area contributed by atoms with Crippen molar-refractivity contribution in [1.29, 1.82) is 0 Å². The second-order valence-electron chi connectivity index (χ2n) is 4.69. The van der Waals surface area contributed by atoms with Crippen LogP contribution in [0.1, 0.15) is 16.4 Å². The highest BCUT2D eigenvalue weighted by Gasteiger charge is 2.53. The van der Waals surface area contributed by atoms with Gasteiger partial charge in [0.1, 0.15) is 5.92 Å². The number of esters is 3. The van der Waals surface area contributed by atoms with Crippen LogP contribution in [0, 0.1) is 11.8 Å². The number of hydrogen-bond donors (Lipinski definition) is 0. The van der Waals surface area contributed by atoms with E-state index >= 15 is 0 Å². The molecule has 118 valence electrons. The van der Waals surface area contributed by atoms with Gasteiger partial charge in [0.25, 0.3) is 0 Å². The Labute approximate surface area is 125 Å². The molecule has 2 atom stereocenters. The third-order valence-corrected chi connectivity index (χ3v) is 3.71. The fourth-order valence-corrected chi connectivity index (χ4v) is 2.72. The van der Waals surface area contributed by atoms with E-state index in [0.29, 0.717) is 5.69 Å². The minimum Gasteiger partial charge on any atom is -0.468 e. The highest BCUT2D eigenvalue weighted by atomic mass is 16.5. The standard InChI is InChI=1S/C14H15NO7/c1-20-12(17)9-8(7-5-4-6-15(7)11(9)16)10(13(18)21-2)14(19)22-3/h4-6,8-10H,1-3H3/t8?,9-/m0/s1. The maximum atomic E-state index is 12.4. The lowest BCUT2D eigenvalue weighted by Gasteiger charge is -2.22. The molecule has 1 aliphatic heterocycles. The van der Waals surface area contributed by atoms with E-state index < -0.39 is 41.6 Å². The number of fused-ring (bicyclic) bond motifs is 1. The van der Waals surface area contributed by atoms with Gasteiger partial charge in [-0.3, -0.25) is 23.7 Å². The fraction of sp³-hybridized carbons (Fsp3) is 0.429. The van der Waals surface area contributed by atoms with E-state index in [4.69, 9.17) is 0 Å². The minimum atomic E-state index is -1.43. The smallest absolute Gasteiger partial charge is 0.320 e. The molecule has 22 heavy (non-hydrogen) atoms. The molecule has 1 unspecified atom stereocenters. The summed E-state index contributed by atoms with van der Waals surface area (Å²) in [4.78, 5) is 48.3. The van der Waals surface area contributed by atoms with Gasteiger partial charge in [0.05, 0.1) is 21.3 Å². The second kappa shape index (κ2) is 6.00. The van der Waals surface area contributed by atoms with E-state index in [0.717, 1.165) is 21.3 Å². The number of ether oxygens (including phenoxy) is 3. The van der Waals surface area contributed by atoms with Crippen LogP contribution in [0.15, 0.2) is 18.3 Å². The maximum Gasteiger partial charge on any atom is 0.320 e. The van der Waals surface area contributed by atoms with Crippen molar-refractivity contribution >= 4 is 23.8 Å². The third-order valence-electron chi connectivity index (χ3n) is 3.71. The van der Waals surface area contributed by atoms with Crippen LogP contribution >= 0.6 is 0 Å². The third kappa shape index (κ3) is 2.26. The van der Waals surface area contributed by atoms with Crippen molar-refractivity contribution in [3.8, 4) is 0 Å². The molecule has 8 heteroatoms. The SMILES string of the molecule is COC(=O)C(C(=O)OC)C1c2cccn2C(=O)[C@H]1C(=O)OC. The molecule has 0 spiro atoms. The Balaban J connectivity index is 2.56. The van der Waals surface area contributed by atoms with E-state index in [1.807, 2.05) is 0 Å². The van der Waals surface area contributed by atoms with Crippen molar-refractivity contribution in [3.05, 3.63) is 24.0 Å². The molecule has 1 aromatic heterocycles. The summed E-state index contributed by atoms with van der Waals surface area (Å²) < 4.78 is 15.1. The number of aromatic nitrogens is 1. The molecule has 2 rings (SSSR count). The summed E-state index contributed by atoms with van der Waals surface area (Å²) in [6.07, 6.45) is 1.46. The van der Waals surface area contributed by atoms with Gasteiger partial charge in [-0.25, -0.2) is 0 Å². The molecule has 1 aromatic rings. The van der Waals surface area contributed by atoms with E-state index in [-0.39, 0.29) is 0 Å². The first kappa shape index (κ1) is 15.7. The van der Waals surface area contributed by atoms with Crippen LogP contribution in [-0.2, 0) is 28.6 Å². The van der Waals surface area contributed by atoms with E-state index in [9.17, 15) is 19.2 Å². The first-order chi connectivity index (χ1) is 10.5. The monoisotopic (exact) mass is 309 g/mol. The van der Waals surface area contributed by atoms with Crippen molar-refractivity contribution in [2.24, 2.45) is 11.8 Å². The quantitative estimate of drug-likeness (QED) is 0.437. The predicted octanol–water partition coefficient (Wildman–Crippen LogP) is -0.0231. The largest absolute Gasteiger partial charge is 0.468 e. The number of nitrogens with zero attached hydrogens (tertiary/aromatic N) is 1. The summed E-state index contributed by atoms with van der Waals surface area (Å²) >= 11 is 0. The first-order valence-corrected chi connectivity index (χ1v) is 6.42. The van der Waals surface area contributed by atoms with Gasteiger partial charge < -0.3 is 14.2 Å². The van der Waals surface area contributed by atoms with Crippen molar-refractivity contribution in [2.75, 3.05) is 21.3 Å². The first-order valence-electron chi connectivity index (χ1n) is 6.42. The van der Waals surface area contributed by atoms with Crippen LogP contribution in [-0.4, -0.2) is 49.7 Å². The molecule has 0 saturated heterocycles. The summed E-state index contributed by atoms with van der Waals surface area (Å²) in [6, 6.07) is 3.14. The van der Waals surface area contributed by atoms with E-state index in [1.165, 1.54) is 10.8 Å². The normalized spacial score (nSPS) is 19.7. The van der Waals surface area contributed by atoms with Crippen LogP contribution in [0.25, 0.3) is 0 Å². The molecule has 0 aliphatic carbocycles. The highest BCUT2D eigenvalue weighted by Crippen LogP contribution is 2.41. The van der Waals surface area contributed by atoms with Gasteiger partial charge in [-0.15, -0.1) is 0 Å². The molecule has 0 N–H and O–H groups in total. The Kier molecular flexibility index (Phi) is 4.30. The van der Waals surface area contributed by atoms with Gasteiger partial charge in [-0.05, 0) is 12.1 Å². The van der Waals surface area contributed by atoms with E-state index in [1.54, 1.807) is 12.1 Å². The molecule has 0 aromatic carbocycles. The van der Waals surface area contributed by atoms with Crippen molar-refractivity contribution in [1.82, 2.24) is 4.57 Å². The summed E-state index contributed by atoms with van der Waals surface area (Å²) in [5.41, 5.74) is 0.362. The summed E-state index contributed by atoms with van der Waals surface area (Å²) in [6.45, 7) is 0. The summed E-state index contributed by atoms with van der Waals surface area (Å²) in [5, 5.41) is 0. The van der Waals surface area contributed by atoms with Gasteiger partial charge in [0, 0.05) is 17.8 Å². The number of rotatable bonds is 4. The lowest BCUT2D eigenvalue weighted by atomic mass is 9.81. The Bertz CT molecular complexity index is 617. The minimum absolute atomic E-state index is 0.362. The Morgan fingerprint density at radius 3 is 2.18 bits per heavy atom. The van der Waals surface area contributed by atoms with Gasteiger partial charge in [-0.1, -0.05) is 0 Å². The molecular formula is C14H15NO7. The van der Waals surface area contributed by atoms with Crippen molar-refractivity contribution < 1.29 is 33.4 Å². The zero-order chi connectivity index (χ0) is 16.4. The summed E-state index contributed by atoms with van der Waals surface area (Å²) in [5.74, 6) is -6.91. The van der Waals surface area contributed by atoms with Crippen LogP contribution in [0.5, 0.6) is 0 Å². The predicted molar refractivity (Wildman–Crippen MR) is 70.8 cm³/mol. The molecular weight excluding hydrogens is 294 g/mol. The summed E-state index contributed by atoms with van der Waals surface area (Å²) in [7, 11) is 3.36. The number of hydrogen-bond acceptors (Lipinski definition) is 7.